The van der Waals surface area contributed by atoms with Gasteiger partial charge < -0.3 is 5.32 Å². The molecule has 0 aromatic heterocycles. The summed E-state index contributed by atoms with van der Waals surface area (Å²) in [5.41, 5.74) is 0.734. The summed E-state index contributed by atoms with van der Waals surface area (Å²) in [4.78, 5) is 11.8. The van der Waals surface area contributed by atoms with Crippen molar-refractivity contribution in [2.45, 2.75) is 32.7 Å². The zero-order chi connectivity index (χ0) is 12.2. The second-order valence-corrected chi connectivity index (χ2v) is 5.30. The monoisotopic (exact) mass is 239 g/mol. The molecule has 1 rings (SSSR count). The first-order valence-electron chi connectivity index (χ1n) is 5.42. The van der Waals surface area contributed by atoms with E-state index in [-0.39, 0.29) is 11.3 Å². The van der Waals surface area contributed by atoms with Gasteiger partial charge in [-0.25, -0.2) is 0 Å². The third-order valence-electron chi connectivity index (χ3n) is 2.15. The maximum atomic E-state index is 11.8. The van der Waals surface area contributed by atoms with E-state index in [1.54, 1.807) is 24.3 Å². The lowest BCUT2D eigenvalue weighted by atomic mass is 10.1. The minimum absolute atomic E-state index is 0.0502. The first-order chi connectivity index (χ1) is 7.38. The molecular formula is C13H18ClNO. The minimum atomic E-state index is 0.0502. The van der Waals surface area contributed by atoms with Gasteiger partial charge in [0.15, 0.2) is 5.78 Å². The summed E-state index contributed by atoms with van der Waals surface area (Å²) >= 11 is 5.83. The Morgan fingerprint density at radius 2 is 2.06 bits per heavy atom. The fourth-order valence-electron chi connectivity index (χ4n) is 1.36. The first-order valence-corrected chi connectivity index (χ1v) is 5.80. The van der Waals surface area contributed by atoms with Crippen molar-refractivity contribution in [1.29, 1.82) is 0 Å². The summed E-state index contributed by atoms with van der Waals surface area (Å²) in [6, 6.07) is 7.07. The maximum Gasteiger partial charge on any atom is 0.164 e. The molecule has 2 nitrogen and oxygen atoms in total. The van der Waals surface area contributed by atoms with Crippen molar-refractivity contribution in [3.05, 3.63) is 34.9 Å². The van der Waals surface area contributed by atoms with Crippen LogP contribution in [0, 0.1) is 0 Å². The number of hydrogen-bond donors (Lipinski definition) is 1. The summed E-state index contributed by atoms with van der Waals surface area (Å²) in [5.74, 6) is 0.124. The molecule has 1 aromatic carbocycles. The molecule has 16 heavy (non-hydrogen) atoms. The van der Waals surface area contributed by atoms with E-state index in [0.717, 1.165) is 0 Å². The Bertz CT molecular complexity index is 368. The van der Waals surface area contributed by atoms with Crippen LogP contribution in [0.2, 0.25) is 5.02 Å². The Morgan fingerprint density at radius 3 is 2.62 bits per heavy atom. The van der Waals surface area contributed by atoms with E-state index in [1.807, 2.05) is 0 Å². The van der Waals surface area contributed by atoms with Gasteiger partial charge in [0, 0.05) is 29.1 Å². The van der Waals surface area contributed by atoms with Gasteiger partial charge in [0.05, 0.1) is 0 Å². The van der Waals surface area contributed by atoms with Crippen LogP contribution in [0.15, 0.2) is 24.3 Å². The molecule has 0 amide bonds. The summed E-state index contributed by atoms with van der Waals surface area (Å²) in [7, 11) is 0. The predicted octanol–water partition coefficient (Wildman–Crippen LogP) is 3.30. The lowest BCUT2D eigenvalue weighted by molar-refractivity contribution is 0.0980. The van der Waals surface area contributed by atoms with Crippen molar-refractivity contribution in [3.63, 3.8) is 0 Å². The van der Waals surface area contributed by atoms with Crippen molar-refractivity contribution >= 4 is 17.4 Å². The zero-order valence-electron chi connectivity index (χ0n) is 10.0. The van der Waals surface area contributed by atoms with Gasteiger partial charge in [-0.2, -0.15) is 0 Å². The second kappa shape index (κ2) is 5.46. The van der Waals surface area contributed by atoms with Gasteiger partial charge >= 0.3 is 0 Å². The molecule has 1 N–H and O–H groups in total. The minimum Gasteiger partial charge on any atom is -0.312 e. The topological polar surface area (TPSA) is 29.1 Å². The number of carbonyl (C=O) groups is 1. The predicted molar refractivity (Wildman–Crippen MR) is 68.2 cm³/mol. The molecule has 3 heteroatoms. The molecular weight excluding hydrogens is 222 g/mol. The van der Waals surface area contributed by atoms with Gasteiger partial charge in [0.1, 0.15) is 0 Å². The zero-order valence-corrected chi connectivity index (χ0v) is 10.8. The van der Waals surface area contributed by atoms with Gasteiger partial charge in [-0.1, -0.05) is 23.7 Å². The molecule has 0 aliphatic carbocycles. The molecule has 0 atom stereocenters. The van der Waals surface area contributed by atoms with Crippen LogP contribution in [0.5, 0.6) is 0 Å². The average molecular weight is 240 g/mol. The Labute approximate surface area is 102 Å². The molecule has 0 heterocycles. The number of benzene rings is 1. The highest BCUT2D eigenvalue weighted by molar-refractivity contribution is 6.31. The molecule has 0 bridgehead atoms. The van der Waals surface area contributed by atoms with Gasteiger partial charge in [-0.05, 0) is 32.9 Å². The van der Waals surface area contributed by atoms with Gasteiger partial charge in [0.2, 0.25) is 0 Å². The van der Waals surface area contributed by atoms with Crippen LogP contribution in [0.1, 0.15) is 37.6 Å². The molecule has 0 aliphatic heterocycles. The van der Waals surface area contributed by atoms with Crippen LogP contribution in [0.4, 0.5) is 0 Å². The fraction of sp³-hybridized carbons (Fsp3) is 0.462. The van der Waals surface area contributed by atoms with Crippen LogP contribution in [0.25, 0.3) is 0 Å². The lowest BCUT2D eigenvalue weighted by Crippen LogP contribution is -2.37. The number of nitrogens with one attached hydrogen (secondary N) is 1. The third kappa shape index (κ3) is 4.77. The molecule has 0 spiro atoms. The van der Waals surface area contributed by atoms with E-state index in [2.05, 4.69) is 26.1 Å². The number of rotatable bonds is 4. The summed E-state index contributed by atoms with van der Waals surface area (Å²) in [6.45, 7) is 6.93. The molecule has 0 saturated heterocycles. The van der Waals surface area contributed by atoms with Crippen molar-refractivity contribution in [2.24, 2.45) is 0 Å². The highest BCUT2D eigenvalue weighted by atomic mass is 35.5. The van der Waals surface area contributed by atoms with Gasteiger partial charge in [0.25, 0.3) is 0 Å². The second-order valence-electron chi connectivity index (χ2n) is 4.86. The molecule has 88 valence electrons. The normalized spacial score (nSPS) is 11.5. The number of ketones is 1. The Kier molecular flexibility index (Phi) is 4.51. The number of carbonyl (C=O) groups excluding carboxylic acids is 1. The van der Waals surface area contributed by atoms with Crippen molar-refractivity contribution < 1.29 is 4.79 Å². The van der Waals surface area contributed by atoms with Crippen molar-refractivity contribution in [1.82, 2.24) is 5.32 Å². The Balaban J connectivity index is 2.47. The molecule has 1 aromatic rings. The highest BCUT2D eigenvalue weighted by Gasteiger charge is 2.10. The van der Waals surface area contributed by atoms with Crippen LogP contribution in [-0.4, -0.2) is 17.9 Å². The quantitative estimate of drug-likeness (QED) is 0.817. The standard InChI is InChI=1S/C13H18ClNO/c1-13(2,3)15-8-7-12(16)10-5-4-6-11(14)9-10/h4-6,9,15H,7-8H2,1-3H3. The van der Waals surface area contributed by atoms with E-state index >= 15 is 0 Å². The van der Waals surface area contributed by atoms with Crippen LogP contribution in [0.3, 0.4) is 0 Å². The average Bonchev–Trinajstić information content (AvgIpc) is 2.15. The van der Waals surface area contributed by atoms with Crippen molar-refractivity contribution in [3.8, 4) is 0 Å². The van der Waals surface area contributed by atoms with E-state index in [4.69, 9.17) is 11.6 Å². The summed E-state index contributed by atoms with van der Waals surface area (Å²) in [5, 5.41) is 3.89. The number of hydrogen-bond acceptors (Lipinski definition) is 2. The van der Waals surface area contributed by atoms with Gasteiger partial charge in [-0.15, -0.1) is 0 Å². The van der Waals surface area contributed by atoms with E-state index in [1.165, 1.54) is 0 Å². The molecule has 0 aliphatic rings. The Morgan fingerprint density at radius 1 is 1.38 bits per heavy atom. The van der Waals surface area contributed by atoms with E-state index < -0.39 is 0 Å². The van der Waals surface area contributed by atoms with Crippen LogP contribution >= 0.6 is 11.6 Å². The summed E-state index contributed by atoms with van der Waals surface area (Å²) < 4.78 is 0. The number of Topliss-reactive ketones (excluding diaryl/α,β-unsaturated/α-hetero) is 1. The first kappa shape index (κ1) is 13.2. The SMILES string of the molecule is CC(C)(C)NCCC(=O)c1cccc(Cl)c1. The molecule has 0 saturated carbocycles. The third-order valence-corrected chi connectivity index (χ3v) is 2.39. The fourth-order valence-corrected chi connectivity index (χ4v) is 1.55. The summed E-state index contributed by atoms with van der Waals surface area (Å²) in [6.07, 6.45) is 0.498. The van der Waals surface area contributed by atoms with Crippen LogP contribution in [-0.2, 0) is 0 Å². The van der Waals surface area contributed by atoms with Crippen LogP contribution < -0.4 is 5.32 Å². The molecule has 0 fully saturated rings. The van der Waals surface area contributed by atoms with Gasteiger partial charge in [-0.3, -0.25) is 4.79 Å². The smallest absolute Gasteiger partial charge is 0.164 e. The highest BCUT2D eigenvalue weighted by Crippen LogP contribution is 2.12. The lowest BCUT2D eigenvalue weighted by Gasteiger charge is -2.20. The molecule has 0 radical (unpaired) electrons. The largest absolute Gasteiger partial charge is 0.312 e. The maximum absolute atomic E-state index is 11.8. The van der Waals surface area contributed by atoms with E-state index in [9.17, 15) is 4.79 Å². The molecule has 0 unspecified atom stereocenters. The van der Waals surface area contributed by atoms with Crippen molar-refractivity contribution in [2.75, 3.05) is 6.54 Å². The van der Waals surface area contributed by atoms with E-state index in [0.29, 0.717) is 23.6 Å². The Hall–Kier alpha value is -0.860. The number of halogens is 1.